The van der Waals surface area contributed by atoms with Gasteiger partial charge in [-0.25, -0.2) is 4.98 Å². The molecule has 0 aliphatic carbocycles. The summed E-state index contributed by atoms with van der Waals surface area (Å²) < 4.78 is 8.11. The van der Waals surface area contributed by atoms with Gasteiger partial charge in [0, 0.05) is 38.2 Å². The lowest BCUT2D eigenvalue weighted by Crippen LogP contribution is -2.28. The van der Waals surface area contributed by atoms with Crippen LogP contribution in [0.25, 0.3) is 0 Å². The van der Waals surface area contributed by atoms with Crippen LogP contribution in [-0.2, 0) is 24.1 Å². The number of hydrogen-bond donors (Lipinski definition) is 1. The maximum Gasteiger partial charge on any atom is 0.109 e. The van der Waals surface area contributed by atoms with Crippen LogP contribution in [0.4, 0.5) is 0 Å². The van der Waals surface area contributed by atoms with Crippen molar-refractivity contribution in [1.29, 1.82) is 0 Å². The third-order valence-corrected chi connectivity index (χ3v) is 3.81. The molecule has 1 saturated heterocycles. The molecule has 0 aromatic carbocycles. The molecule has 94 valence electrons. The Hall–Kier alpha value is -0.870. The molecule has 1 aromatic rings. The van der Waals surface area contributed by atoms with Crippen molar-refractivity contribution in [3.63, 3.8) is 0 Å². The van der Waals surface area contributed by atoms with E-state index in [0.717, 1.165) is 39.1 Å². The van der Waals surface area contributed by atoms with Crippen molar-refractivity contribution in [3.8, 4) is 0 Å². The lowest BCUT2D eigenvalue weighted by molar-refractivity contribution is 0.0572. The Bertz CT molecular complexity index is 394. The van der Waals surface area contributed by atoms with Crippen LogP contribution in [0.15, 0.2) is 0 Å². The number of ether oxygens (including phenoxy) is 1. The van der Waals surface area contributed by atoms with E-state index in [1.165, 1.54) is 30.1 Å². The second-order valence-corrected chi connectivity index (χ2v) is 4.94. The summed E-state index contributed by atoms with van der Waals surface area (Å²) in [6, 6.07) is 0.521. The summed E-state index contributed by atoms with van der Waals surface area (Å²) in [6.07, 6.45) is 4.55. The number of fused-ring (bicyclic) bond motifs is 1. The standard InChI is InChI=1S/C13H21N3O/c1-2-13-15-11-8-14-6-5-12(11)16(13)10-4-3-7-17-9-10/h10,14H,2-9H2,1H3. The minimum Gasteiger partial charge on any atom is -0.379 e. The van der Waals surface area contributed by atoms with E-state index in [-0.39, 0.29) is 0 Å². The van der Waals surface area contributed by atoms with Gasteiger partial charge in [0.25, 0.3) is 0 Å². The molecular weight excluding hydrogens is 214 g/mol. The van der Waals surface area contributed by atoms with E-state index in [9.17, 15) is 0 Å². The van der Waals surface area contributed by atoms with Gasteiger partial charge in [-0.3, -0.25) is 0 Å². The van der Waals surface area contributed by atoms with Crippen LogP contribution in [-0.4, -0.2) is 29.3 Å². The highest BCUT2D eigenvalue weighted by molar-refractivity contribution is 5.21. The lowest BCUT2D eigenvalue weighted by atomic mass is 10.1. The summed E-state index contributed by atoms with van der Waals surface area (Å²) in [4.78, 5) is 4.79. The molecule has 0 saturated carbocycles. The Balaban J connectivity index is 1.97. The van der Waals surface area contributed by atoms with E-state index in [2.05, 4.69) is 16.8 Å². The van der Waals surface area contributed by atoms with Gasteiger partial charge in [0.1, 0.15) is 5.82 Å². The number of nitrogens with zero attached hydrogens (tertiary/aromatic N) is 2. The Morgan fingerprint density at radius 1 is 1.53 bits per heavy atom. The van der Waals surface area contributed by atoms with Crippen molar-refractivity contribution in [3.05, 3.63) is 17.2 Å². The highest BCUT2D eigenvalue weighted by Crippen LogP contribution is 2.27. The second kappa shape index (κ2) is 4.78. The highest BCUT2D eigenvalue weighted by Gasteiger charge is 2.25. The van der Waals surface area contributed by atoms with Gasteiger partial charge in [0.15, 0.2) is 0 Å². The molecule has 3 heterocycles. The summed E-state index contributed by atoms with van der Waals surface area (Å²) in [7, 11) is 0. The molecular formula is C13H21N3O. The number of nitrogens with one attached hydrogen (secondary N) is 1. The molecule has 1 N–H and O–H groups in total. The fourth-order valence-electron chi connectivity index (χ4n) is 3.00. The lowest BCUT2D eigenvalue weighted by Gasteiger charge is -2.27. The third-order valence-electron chi connectivity index (χ3n) is 3.81. The molecule has 2 aliphatic rings. The van der Waals surface area contributed by atoms with E-state index in [4.69, 9.17) is 9.72 Å². The maximum atomic E-state index is 5.63. The fourth-order valence-corrected chi connectivity index (χ4v) is 3.00. The topological polar surface area (TPSA) is 39.1 Å². The van der Waals surface area contributed by atoms with Crippen LogP contribution in [0.2, 0.25) is 0 Å². The molecule has 17 heavy (non-hydrogen) atoms. The molecule has 0 amide bonds. The average Bonchev–Trinajstić information content (AvgIpc) is 2.78. The van der Waals surface area contributed by atoms with Crippen LogP contribution in [0.1, 0.15) is 43.0 Å². The van der Waals surface area contributed by atoms with Crippen LogP contribution >= 0.6 is 0 Å². The maximum absolute atomic E-state index is 5.63. The van der Waals surface area contributed by atoms with E-state index < -0.39 is 0 Å². The van der Waals surface area contributed by atoms with Gasteiger partial charge >= 0.3 is 0 Å². The highest BCUT2D eigenvalue weighted by atomic mass is 16.5. The molecule has 0 bridgehead atoms. The number of imidazole rings is 1. The van der Waals surface area contributed by atoms with E-state index in [1.54, 1.807) is 0 Å². The summed E-state index contributed by atoms with van der Waals surface area (Å²) in [5.41, 5.74) is 2.72. The number of aryl methyl sites for hydroxylation is 1. The van der Waals surface area contributed by atoms with Gasteiger partial charge in [0.05, 0.1) is 18.3 Å². The van der Waals surface area contributed by atoms with Crippen molar-refractivity contribution >= 4 is 0 Å². The van der Waals surface area contributed by atoms with Crippen LogP contribution in [0.5, 0.6) is 0 Å². The van der Waals surface area contributed by atoms with Crippen molar-refractivity contribution < 1.29 is 4.74 Å². The first-order valence-corrected chi connectivity index (χ1v) is 6.77. The van der Waals surface area contributed by atoms with Gasteiger partial charge in [-0.15, -0.1) is 0 Å². The Labute approximate surface area is 102 Å². The first-order chi connectivity index (χ1) is 8.40. The minimum atomic E-state index is 0.521. The molecule has 3 rings (SSSR count). The van der Waals surface area contributed by atoms with Gasteiger partial charge in [-0.1, -0.05) is 6.92 Å². The van der Waals surface area contributed by atoms with Gasteiger partial charge in [-0.05, 0) is 12.8 Å². The van der Waals surface area contributed by atoms with Crippen LogP contribution in [0.3, 0.4) is 0 Å². The van der Waals surface area contributed by atoms with Crippen molar-refractivity contribution in [1.82, 2.24) is 14.9 Å². The third kappa shape index (κ3) is 2.00. The van der Waals surface area contributed by atoms with Gasteiger partial charge in [-0.2, -0.15) is 0 Å². The number of rotatable bonds is 2. The van der Waals surface area contributed by atoms with E-state index >= 15 is 0 Å². The van der Waals surface area contributed by atoms with Gasteiger partial charge < -0.3 is 14.6 Å². The molecule has 4 nitrogen and oxygen atoms in total. The first kappa shape index (κ1) is 11.2. The van der Waals surface area contributed by atoms with Crippen molar-refractivity contribution in [2.45, 2.75) is 45.2 Å². The van der Waals surface area contributed by atoms with E-state index in [0.29, 0.717) is 6.04 Å². The second-order valence-electron chi connectivity index (χ2n) is 4.94. The van der Waals surface area contributed by atoms with Crippen LogP contribution < -0.4 is 5.32 Å². The molecule has 4 heteroatoms. The predicted molar refractivity (Wildman–Crippen MR) is 66.1 cm³/mol. The quantitative estimate of drug-likeness (QED) is 0.843. The Morgan fingerprint density at radius 2 is 2.47 bits per heavy atom. The Kier molecular flexibility index (Phi) is 3.16. The van der Waals surface area contributed by atoms with Gasteiger partial charge in [0.2, 0.25) is 0 Å². The van der Waals surface area contributed by atoms with E-state index in [1.807, 2.05) is 0 Å². The normalized spacial score (nSPS) is 24.6. The molecule has 1 unspecified atom stereocenters. The summed E-state index contributed by atoms with van der Waals surface area (Å²) in [5.74, 6) is 1.24. The largest absolute Gasteiger partial charge is 0.379 e. The zero-order valence-electron chi connectivity index (χ0n) is 10.5. The monoisotopic (exact) mass is 235 g/mol. The molecule has 0 spiro atoms. The molecule has 1 aromatic heterocycles. The average molecular weight is 235 g/mol. The molecule has 0 radical (unpaired) electrons. The molecule has 1 atom stereocenters. The number of hydrogen-bond acceptors (Lipinski definition) is 3. The minimum absolute atomic E-state index is 0.521. The molecule has 2 aliphatic heterocycles. The molecule has 1 fully saturated rings. The Morgan fingerprint density at radius 3 is 3.24 bits per heavy atom. The summed E-state index contributed by atoms with van der Waals surface area (Å²) in [5, 5.41) is 3.40. The number of aromatic nitrogens is 2. The van der Waals surface area contributed by atoms with Crippen molar-refractivity contribution in [2.24, 2.45) is 0 Å². The summed E-state index contributed by atoms with van der Waals surface area (Å²) in [6.45, 7) is 6.00. The summed E-state index contributed by atoms with van der Waals surface area (Å²) >= 11 is 0. The zero-order valence-corrected chi connectivity index (χ0v) is 10.5. The van der Waals surface area contributed by atoms with Crippen molar-refractivity contribution in [2.75, 3.05) is 19.8 Å². The fraction of sp³-hybridized carbons (Fsp3) is 0.769. The smallest absolute Gasteiger partial charge is 0.109 e. The SMILES string of the molecule is CCc1nc2c(n1C1CCCOC1)CCNC2. The first-order valence-electron chi connectivity index (χ1n) is 6.77. The predicted octanol–water partition coefficient (Wildman–Crippen LogP) is 1.44. The van der Waals surface area contributed by atoms with Crippen LogP contribution in [0, 0.1) is 0 Å². The zero-order chi connectivity index (χ0) is 11.7.